The van der Waals surface area contributed by atoms with Crippen LogP contribution in [0.25, 0.3) is 5.52 Å². The number of nitrogen functional groups attached to an aromatic ring is 1. The van der Waals surface area contributed by atoms with E-state index in [1.54, 1.807) is 13.8 Å². The van der Waals surface area contributed by atoms with Gasteiger partial charge in [-0.15, -0.1) is 0 Å². The molecule has 1 saturated heterocycles. The van der Waals surface area contributed by atoms with Crippen LogP contribution in [0.5, 0.6) is 0 Å². The Morgan fingerprint density at radius 1 is 1.26 bits per heavy atom. The SMILES string of the molecule is CCC(CC)COC(=O)[C@H](C)NP(=O)(OCC(=O)OC(C)C)OC[C@H]1O[C@@](C#N)(c2ccc3c(N)ncnn23)[C@H](O)[C@@H]1O. The predicted molar refractivity (Wildman–Crippen MR) is 150 cm³/mol. The lowest BCUT2D eigenvalue weighted by Crippen LogP contribution is -2.41. The molecular weight excluding hydrogens is 587 g/mol. The van der Waals surface area contributed by atoms with Crippen LogP contribution in [0, 0.1) is 17.2 Å². The fraction of sp³-hybridized carbons (Fsp3) is 0.654. The van der Waals surface area contributed by atoms with Gasteiger partial charge in [-0.25, -0.2) is 23.9 Å². The standard InChI is InChI=1S/C26H39N6O10P/c1-6-17(7-2)10-38-25(36)16(5)31-43(37,40-12-21(33)41-15(3)4)39-11-19-22(34)23(35)26(13-27,42-19)20-9-8-18-24(28)29-14-30-32(18)20/h8-9,14-17,19,22-23,34-35H,6-7,10-12H2,1-5H3,(H,31,37)(H2,28,29,30)/t16-,19+,22+,23+,26-,43?/m0/s1. The van der Waals surface area contributed by atoms with Crippen molar-refractivity contribution < 1.29 is 47.6 Å². The first-order chi connectivity index (χ1) is 20.3. The summed E-state index contributed by atoms with van der Waals surface area (Å²) in [7, 11) is -4.49. The molecule has 0 aromatic carbocycles. The van der Waals surface area contributed by atoms with E-state index in [4.69, 9.17) is 29.0 Å². The van der Waals surface area contributed by atoms with Gasteiger partial charge in [-0.1, -0.05) is 26.7 Å². The van der Waals surface area contributed by atoms with Crippen LogP contribution in [0.4, 0.5) is 5.82 Å². The summed E-state index contributed by atoms with van der Waals surface area (Å²) in [6.07, 6.45) is -2.65. The molecule has 1 aliphatic rings. The summed E-state index contributed by atoms with van der Waals surface area (Å²) in [5, 5.41) is 38.4. The third kappa shape index (κ3) is 7.87. The topological polar surface area (TPSA) is 230 Å². The number of nitriles is 1. The number of hydrogen-bond donors (Lipinski definition) is 4. The molecule has 0 bridgehead atoms. The molecular formula is C26H39N6O10P. The van der Waals surface area contributed by atoms with Crippen molar-refractivity contribution in [3.05, 3.63) is 24.2 Å². The van der Waals surface area contributed by atoms with Gasteiger partial charge >= 0.3 is 19.7 Å². The Kier molecular flexibility index (Phi) is 11.6. The van der Waals surface area contributed by atoms with Crippen molar-refractivity contribution in [3.8, 4) is 6.07 Å². The third-order valence-corrected chi connectivity index (χ3v) is 8.60. The first-order valence-electron chi connectivity index (χ1n) is 13.9. The highest BCUT2D eigenvalue weighted by Gasteiger charge is 2.58. The number of fused-ring (bicyclic) bond motifs is 1. The van der Waals surface area contributed by atoms with Crippen LogP contribution in [-0.4, -0.2) is 87.0 Å². The Balaban J connectivity index is 1.79. The van der Waals surface area contributed by atoms with Gasteiger partial charge in [-0.05, 0) is 38.8 Å². The smallest absolute Gasteiger partial charge is 0.406 e. The van der Waals surface area contributed by atoms with Gasteiger partial charge in [-0.3, -0.25) is 13.8 Å². The zero-order valence-electron chi connectivity index (χ0n) is 24.7. The Bertz CT molecular complexity index is 1360. The molecule has 3 heterocycles. The molecule has 43 heavy (non-hydrogen) atoms. The molecule has 6 atom stereocenters. The van der Waals surface area contributed by atoms with Crippen LogP contribution in [0.1, 0.15) is 53.2 Å². The first-order valence-corrected chi connectivity index (χ1v) is 15.4. The fourth-order valence-corrected chi connectivity index (χ4v) is 5.83. The molecule has 0 aliphatic carbocycles. The number of anilines is 1. The fourth-order valence-electron chi connectivity index (χ4n) is 4.41. The van der Waals surface area contributed by atoms with Gasteiger partial charge in [-0.2, -0.15) is 10.4 Å². The molecule has 1 aliphatic heterocycles. The molecule has 17 heteroatoms. The minimum Gasteiger partial charge on any atom is -0.464 e. The van der Waals surface area contributed by atoms with Crippen LogP contribution >= 0.6 is 7.75 Å². The summed E-state index contributed by atoms with van der Waals surface area (Å²) in [5.74, 6) is -1.33. The number of nitrogens with one attached hydrogen (secondary N) is 1. The van der Waals surface area contributed by atoms with Crippen molar-refractivity contribution in [1.29, 1.82) is 5.26 Å². The zero-order valence-corrected chi connectivity index (χ0v) is 25.6. The van der Waals surface area contributed by atoms with Crippen molar-refractivity contribution in [2.45, 2.75) is 83.5 Å². The normalized spacial score (nSPS) is 24.1. The van der Waals surface area contributed by atoms with Crippen LogP contribution < -0.4 is 10.8 Å². The number of ether oxygens (including phenoxy) is 3. The number of nitrogens with two attached hydrogens (primary N) is 1. The zero-order chi connectivity index (χ0) is 31.9. The second-order valence-corrected chi connectivity index (χ2v) is 12.1. The van der Waals surface area contributed by atoms with E-state index in [1.807, 2.05) is 19.9 Å². The van der Waals surface area contributed by atoms with E-state index in [0.29, 0.717) is 5.52 Å². The summed E-state index contributed by atoms with van der Waals surface area (Å²) in [6, 6.07) is 3.65. The number of nitrogens with zero attached hydrogens (tertiary/aromatic N) is 4. The molecule has 1 unspecified atom stereocenters. The van der Waals surface area contributed by atoms with E-state index in [9.17, 15) is 29.6 Å². The van der Waals surface area contributed by atoms with Crippen molar-refractivity contribution in [1.82, 2.24) is 19.7 Å². The van der Waals surface area contributed by atoms with Crippen molar-refractivity contribution in [2.75, 3.05) is 25.6 Å². The van der Waals surface area contributed by atoms with Crippen LogP contribution in [-0.2, 0) is 43.0 Å². The molecule has 2 aromatic rings. The maximum absolute atomic E-state index is 13.7. The number of esters is 2. The molecule has 1 fully saturated rings. The number of carbonyl (C=O) groups is 2. The Morgan fingerprint density at radius 2 is 1.95 bits per heavy atom. The summed E-state index contributed by atoms with van der Waals surface area (Å²) in [4.78, 5) is 28.6. The molecule has 0 saturated carbocycles. The molecule has 2 aromatic heterocycles. The molecule has 3 rings (SSSR count). The number of aliphatic hydroxyl groups is 2. The minimum absolute atomic E-state index is 0.0518. The maximum atomic E-state index is 13.7. The quantitative estimate of drug-likeness (QED) is 0.161. The monoisotopic (exact) mass is 626 g/mol. The third-order valence-electron chi connectivity index (χ3n) is 6.94. The second-order valence-electron chi connectivity index (χ2n) is 10.4. The molecule has 5 N–H and O–H groups in total. The van der Waals surface area contributed by atoms with Crippen LogP contribution in [0.15, 0.2) is 18.5 Å². The largest absolute Gasteiger partial charge is 0.464 e. The number of aromatic nitrogens is 3. The molecule has 0 radical (unpaired) electrons. The van der Waals surface area contributed by atoms with E-state index in [-0.39, 0.29) is 24.0 Å². The van der Waals surface area contributed by atoms with E-state index in [2.05, 4.69) is 15.2 Å². The predicted octanol–water partition coefficient (Wildman–Crippen LogP) is 1.20. The lowest BCUT2D eigenvalue weighted by Gasteiger charge is -2.25. The van der Waals surface area contributed by atoms with Gasteiger partial charge in [0.2, 0.25) is 5.60 Å². The summed E-state index contributed by atoms with van der Waals surface area (Å²) >= 11 is 0. The van der Waals surface area contributed by atoms with Gasteiger partial charge in [0.1, 0.15) is 42.3 Å². The van der Waals surface area contributed by atoms with Gasteiger partial charge < -0.3 is 30.2 Å². The van der Waals surface area contributed by atoms with E-state index in [0.717, 1.165) is 19.2 Å². The van der Waals surface area contributed by atoms with Crippen molar-refractivity contribution in [3.63, 3.8) is 0 Å². The van der Waals surface area contributed by atoms with Gasteiger partial charge in [0.05, 0.1) is 25.0 Å². The number of aliphatic hydroxyl groups excluding tert-OH is 2. The minimum atomic E-state index is -4.49. The lowest BCUT2D eigenvalue weighted by molar-refractivity contribution is -0.150. The lowest BCUT2D eigenvalue weighted by atomic mass is 9.92. The number of hydrogen-bond acceptors (Lipinski definition) is 14. The van der Waals surface area contributed by atoms with Gasteiger partial charge in [0.15, 0.2) is 12.4 Å². The summed E-state index contributed by atoms with van der Waals surface area (Å²) in [6.45, 7) is 7.21. The van der Waals surface area contributed by atoms with Crippen molar-refractivity contribution in [2.24, 2.45) is 5.92 Å². The average molecular weight is 627 g/mol. The maximum Gasteiger partial charge on any atom is 0.406 e. The van der Waals surface area contributed by atoms with Gasteiger partial charge in [0, 0.05) is 0 Å². The summed E-state index contributed by atoms with van der Waals surface area (Å²) in [5.41, 5.74) is 4.13. The molecule has 238 valence electrons. The van der Waals surface area contributed by atoms with Gasteiger partial charge in [0.25, 0.3) is 0 Å². The Labute approximate surface area is 249 Å². The first kappa shape index (κ1) is 34.3. The second kappa shape index (κ2) is 14.5. The average Bonchev–Trinajstić information content (AvgIpc) is 3.51. The Hall–Kier alpha value is -3.16. The van der Waals surface area contributed by atoms with E-state index >= 15 is 0 Å². The van der Waals surface area contributed by atoms with E-state index in [1.165, 1.54) is 23.6 Å². The summed E-state index contributed by atoms with van der Waals surface area (Å²) < 4.78 is 41.9. The van der Waals surface area contributed by atoms with Crippen molar-refractivity contribution >= 4 is 31.0 Å². The molecule has 0 amide bonds. The van der Waals surface area contributed by atoms with E-state index < -0.39 is 69.0 Å². The number of carbonyl (C=O) groups excluding carboxylic acids is 2. The molecule has 0 spiro atoms. The Morgan fingerprint density at radius 3 is 2.58 bits per heavy atom. The molecule has 16 nitrogen and oxygen atoms in total. The highest BCUT2D eigenvalue weighted by atomic mass is 31.2. The van der Waals surface area contributed by atoms with Crippen LogP contribution in [0.3, 0.4) is 0 Å². The number of rotatable bonds is 15. The highest BCUT2D eigenvalue weighted by Crippen LogP contribution is 2.47. The highest BCUT2D eigenvalue weighted by molar-refractivity contribution is 7.51. The van der Waals surface area contributed by atoms with Crippen LogP contribution in [0.2, 0.25) is 0 Å².